The van der Waals surface area contributed by atoms with Gasteiger partial charge in [-0.3, -0.25) is 4.79 Å². The van der Waals surface area contributed by atoms with Gasteiger partial charge in [-0.2, -0.15) is 0 Å². The lowest BCUT2D eigenvalue weighted by Crippen LogP contribution is -2.24. The predicted octanol–water partition coefficient (Wildman–Crippen LogP) is 1.67. The Kier molecular flexibility index (Phi) is 6.30. The molecule has 1 N–H and O–H groups in total. The first-order valence-electron chi connectivity index (χ1n) is 7.67. The second-order valence-electron chi connectivity index (χ2n) is 5.36. The number of esters is 2. The molecule has 0 unspecified atom stereocenters. The van der Waals surface area contributed by atoms with Gasteiger partial charge < -0.3 is 14.8 Å². The van der Waals surface area contributed by atoms with E-state index in [2.05, 4.69) is 14.8 Å². The molecule has 2 rings (SSSR count). The third-order valence-corrected chi connectivity index (χ3v) is 5.18. The number of anilines is 1. The van der Waals surface area contributed by atoms with Crippen molar-refractivity contribution >= 4 is 33.4 Å². The molecule has 0 aliphatic rings. The fourth-order valence-corrected chi connectivity index (χ4v) is 3.41. The highest BCUT2D eigenvalue weighted by atomic mass is 32.2. The second kappa shape index (κ2) is 8.45. The van der Waals surface area contributed by atoms with Gasteiger partial charge in [0.05, 0.1) is 35.9 Å². The van der Waals surface area contributed by atoms with Crippen molar-refractivity contribution in [3.63, 3.8) is 0 Å². The summed E-state index contributed by atoms with van der Waals surface area (Å²) in [7, 11) is -1.53. The van der Waals surface area contributed by atoms with E-state index < -0.39 is 33.4 Å². The van der Waals surface area contributed by atoms with Gasteiger partial charge >= 0.3 is 11.9 Å². The zero-order valence-corrected chi connectivity index (χ0v) is 15.4. The molecule has 2 aromatic carbocycles. The smallest absolute Gasteiger partial charge is 0.339 e. The fraction of sp³-hybridized carbons (Fsp3) is 0.167. The number of rotatable bonds is 6. The van der Waals surface area contributed by atoms with E-state index in [4.69, 9.17) is 0 Å². The molecule has 0 aromatic heterocycles. The molecule has 0 saturated heterocycles. The van der Waals surface area contributed by atoms with E-state index in [0.717, 1.165) is 7.11 Å². The minimum atomic E-state index is -3.87. The summed E-state index contributed by atoms with van der Waals surface area (Å²) < 4.78 is 33.8. The molecule has 0 radical (unpaired) electrons. The van der Waals surface area contributed by atoms with E-state index in [-0.39, 0.29) is 21.7 Å². The van der Waals surface area contributed by atoms with Gasteiger partial charge in [0.25, 0.3) is 0 Å². The normalized spacial score (nSPS) is 10.7. The zero-order chi connectivity index (χ0) is 20.0. The van der Waals surface area contributed by atoms with Crippen LogP contribution in [-0.2, 0) is 24.1 Å². The van der Waals surface area contributed by atoms with Crippen LogP contribution in [0.25, 0.3) is 0 Å². The van der Waals surface area contributed by atoms with Gasteiger partial charge in [0, 0.05) is 0 Å². The summed E-state index contributed by atoms with van der Waals surface area (Å²) in [4.78, 5) is 35.8. The Morgan fingerprint density at radius 3 is 2.15 bits per heavy atom. The molecule has 27 heavy (non-hydrogen) atoms. The van der Waals surface area contributed by atoms with Crippen LogP contribution in [0.15, 0.2) is 53.4 Å². The lowest BCUT2D eigenvalue weighted by molar-refractivity contribution is -0.113. The van der Waals surface area contributed by atoms with Gasteiger partial charge in [0.1, 0.15) is 5.75 Å². The van der Waals surface area contributed by atoms with Crippen molar-refractivity contribution in [1.82, 2.24) is 0 Å². The molecule has 0 heterocycles. The van der Waals surface area contributed by atoms with Crippen molar-refractivity contribution in [3.05, 3.63) is 59.7 Å². The topological polar surface area (TPSA) is 116 Å². The largest absolute Gasteiger partial charge is 0.465 e. The van der Waals surface area contributed by atoms with Crippen LogP contribution in [-0.4, -0.2) is 46.2 Å². The maximum absolute atomic E-state index is 12.3. The monoisotopic (exact) mass is 391 g/mol. The van der Waals surface area contributed by atoms with Crippen molar-refractivity contribution in [2.24, 2.45) is 0 Å². The highest BCUT2D eigenvalue weighted by Crippen LogP contribution is 2.20. The Bertz CT molecular complexity index is 968. The summed E-state index contributed by atoms with van der Waals surface area (Å²) in [5.74, 6) is -3.14. The van der Waals surface area contributed by atoms with Gasteiger partial charge in [-0.05, 0) is 30.3 Å². The molecular weight excluding hydrogens is 374 g/mol. The molecule has 0 spiro atoms. The van der Waals surface area contributed by atoms with Gasteiger partial charge in [0.2, 0.25) is 5.91 Å². The minimum absolute atomic E-state index is 0.00310. The van der Waals surface area contributed by atoms with Crippen molar-refractivity contribution in [3.8, 4) is 0 Å². The second-order valence-corrected chi connectivity index (χ2v) is 7.35. The average molecular weight is 391 g/mol. The summed E-state index contributed by atoms with van der Waals surface area (Å²) in [5, 5.41) is 2.34. The molecule has 0 aliphatic carbocycles. The number of hydrogen-bond acceptors (Lipinski definition) is 7. The maximum Gasteiger partial charge on any atom is 0.339 e. The van der Waals surface area contributed by atoms with E-state index in [1.54, 1.807) is 18.2 Å². The molecule has 8 nitrogen and oxygen atoms in total. The number of carbonyl (C=O) groups excluding carboxylic acids is 3. The number of benzene rings is 2. The first-order chi connectivity index (χ1) is 12.8. The Morgan fingerprint density at radius 2 is 1.56 bits per heavy atom. The number of hydrogen-bond donors (Lipinski definition) is 1. The number of methoxy groups -OCH3 is 2. The van der Waals surface area contributed by atoms with Gasteiger partial charge in [0.15, 0.2) is 9.84 Å². The van der Waals surface area contributed by atoms with Crippen molar-refractivity contribution in [2.75, 3.05) is 25.3 Å². The molecule has 9 heteroatoms. The molecule has 2 aromatic rings. The fourth-order valence-electron chi connectivity index (χ4n) is 2.25. The lowest BCUT2D eigenvalue weighted by Gasteiger charge is -2.11. The molecule has 0 aliphatic heterocycles. The summed E-state index contributed by atoms with van der Waals surface area (Å²) in [5.41, 5.74) is -0.0139. The SMILES string of the molecule is COC(=O)c1ccc(C(=O)OC)c(NC(=O)CS(=O)(=O)c2ccccc2)c1. The number of ether oxygens (including phenoxy) is 2. The number of amides is 1. The number of nitrogens with one attached hydrogen (secondary N) is 1. The Hall–Kier alpha value is -3.20. The maximum atomic E-state index is 12.3. The van der Waals surface area contributed by atoms with Crippen LogP contribution in [0.2, 0.25) is 0 Å². The Morgan fingerprint density at radius 1 is 0.926 bits per heavy atom. The molecule has 0 saturated carbocycles. The van der Waals surface area contributed by atoms with Crippen molar-refractivity contribution in [2.45, 2.75) is 4.90 Å². The molecule has 0 bridgehead atoms. The van der Waals surface area contributed by atoms with Crippen LogP contribution in [0.4, 0.5) is 5.69 Å². The van der Waals surface area contributed by atoms with Gasteiger partial charge in [-0.1, -0.05) is 18.2 Å². The van der Waals surface area contributed by atoms with Crippen molar-refractivity contribution in [1.29, 1.82) is 0 Å². The predicted molar refractivity (Wildman–Crippen MR) is 96.2 cm³/mol. The molecule has 142 valence electrons. The Balaban J connectivity index is 2.30. The Labute approximate surface area is 156 Å². The van der Waals surface area contributed by atoms with Crippen LogP contribution in [0, 0.1) is 0 Å². The highest BCUT2D eigenvalue weighted by molar-refractivity contribution is 7.92. The molecule has 1 amide bonds. The van der Waals surface area contributed by atoms with Gasteiger partial charge in [-0.15, -0.1) is 0 Å². The van der Waals surface area contributed by atoms with E-state index >= 15 is 0 Å². The molecule has 0 atom stereocenters. The number of sulfone groups is 1. The zero-order valence-electron chi connectivity index (χ0n) is 14.6. The summed E-state index contributed by atoms with van der Waals surface area (Å²) in [6, 6.07) is 11.3. The highest BCUT2D eigenvalue weighted by Gasteiger charge is 2.22. The standard InChI is InChI=1S/C18H17NO7S/c1-25-17(21)12-8-9-14(18(22)26-2)15(10-12)19-16(20)11-27(23,24)13-6-4-3-5-7-13/h3-10H,11H2,1-2H3,(H,19,20). The van der Waals surface area contributed by atoms with Crippen LogP contribution < -0.4 is 5.32 Å². The van der Waals surface area contributed by atoms with Crippen LogP contribution in [0.3, 0.4) is 0 Å². The molecule has 0 fully saturated rings. The van der Waals surface area contributed by atoms with Crippen LogP contribution >= 0.6 is 0 Å². The van der Waals surface area contributed by atoms with Gasteiger partial charge in [-0.25, -0.2) is 18.0 Å². The quantitative estimate of drug-likeness (QED) is 0.745. The third kappa shape index (κ3) is 4.91. The number of carbonyl (C=O) groups is 3. The van der Waals surface area contributed by atoms with E-state index in [1.165, 1.54) is 37.4 Å². The first-order valence-corrected chi connectivity index (χ1v) is 9.32. The summed E-state index contributed by atoms with van der Waals surface area (Å²) in [6.45, 7) is 0. The summed E-state index contributed by atoms with van der Waals surface area (Å²) in [6.07, 6.45) is 0. The molecular formula is C18H17NO7S. The van der Waals surface area contributed by atoms with E-state index in [9.17, 15) is 22.8 Å². The average Bonchev–Trinajstić information content (AvgIpc) is 2.66. The van der Waals surface area contributed by atoms with E-state index in [0.29, 0.717) is 0 Å². The van der Waals surface area contributed by atoms with Crippen molar-refractivity contribution < 1.29 is 32.3 Å². The third-order valence-electron chi connectivity index (χ3n) is 3.54. The van der Waals surface area contributed by atoms with Crippen LogP contribution in [0.1, 0.15) is 20.7 Å². The van der Waals surface area contributed by atoms with Crippen LogP contribution in [0.5, 0.6) is 0 Å². The minimum Gasteiger partial charge on any atom is -0.465 e. The first kappa shape index (κ1) is 20.1. The van der Waals surface area contributed by atoms with E-state index in [1.807, 2.05) is 0 Å². The lowest BCUT2D eigenvalue weighted by atomic mass is 10.1. The summed E-state index contributed by atoms with van der Waals surface area (Å²) >= 11 is 0.